The van der Waals surface area contributed by atoms with Crippen LogP contribution in [0.15, 0.2) is 29.2 Å². The van der Waals surface area contributed by atoms with Gasteiger partial charge in [-0.1, -0.05) is 0 Å². The molecule has 21 heavy (non-hydrogen) atoms. The van der Waals surface area contributed by atoms with Crippen molar-refractivity contribution in [3.8, 4) is 0 Å². The maximum Gasteiger partial charge on any atom is 0.416 e. The molecule has 0 fully saturated rings. The molecule has 0 radical (unpaired) electrons. The van der Waals surface area contributed by atoms with Gasteiger partial charge in [-0.15, -0.1) is 0 Å². The number of rotatable bonds is 6. The van der Waals surface area contributed by atoms with E-state index in [-0.39, 0.29) is 0 Å². The topological polar surface area (TPSA) is 57.6 Å². The molecular weight excluding hydrogens is 321 g/mol. The lowest BCUT2D eigenvalue weighted by molar-refractivity contribution is -0.137. The summed E-state index contributed by atoms with van der Waals surface area (Å²) in [4.78, 5) is -0.551. The van der Waals surface area contributed by atoms with E-state index < -0.39 is 52.8 Å². The molecular formula is C11H12F5NO3S. The summed E-state index contributed by atoms with van der Waals surface area (Å²) in [7, 11) is -4.39. The molecule has 4 nitrogen and oxygen atoms in total. The number of benzene rings is 1. The second-order valence-electron chi connectivity index (χ2n) is 4.00. The molecule has 0 aliphatic rings. The minimum Gasteiger partial charge on any atom is -0.395 e. The average Bonchev–Trinajstić information content (AvgIpc) is 2.37. The van der Waals surface area contributed by atoms with Crippen LogP contribution < -0.4 is 0 Å². The second kappa shape index (κ2) is 6.67. The third-order valence-corrected chi connectivity index (χ3v) is 4.39. The van der Waals surface area contributed by atoms with Gasteiger partial charge in [0.2, 0.25) is 10.0 Å². The number of aliphatic hydroxyl groups excluding tert-OH is 1. The van der Waals surface area contributed by atoms with Crippen molar-refractivity contribution in [1.82, 2.24) is 4.31 Å². The van der Waals surface area contributed by atoms with E-state index in [1.165, 1.54) is 0 Å². The first kappa shape index (κ1) is 17.8. The van der Waals surface area contributed by atoms with Crippen LogP contribution in [0.5, 0.6) is 0 Å². The Morgan fingerprint density at radius 1 is 1.14 bits per heavy atom. The van der Waals surface area contributed by atoms with Crippen LogP contribution in [0.4, 0.5) is 22.0 Å². The summed E-state index contributed by atoms with van der Waals surface area (Å²) in [5.41, 5.74) is -1.05. The van der Waals surface area contributed by atoms with Gasteiger partial charge in [0, 0.05) is 6.54 Å². The van der Waals surface area contributed by atoms with E-state index in [1.54, 1.807) is 0 Å². The first-order valence-corrected chi connectivity index (χ1v) is 7.09. The molecule has 0 amide bonds. The maximum absolute atomic E-state index is 12.4. The third kappa shape index (κ3) is 4.61. The molecule has 10 heteroatoms. The lowest BCUT2D eigenvalue weighted by atomic mass is 10.2. The van der Waals surface area contributed by atoms with Crippen LogP contribution in [-0.2, 0) is 16.2 Å². The Labute approximate surface area is 117 Å². The molecule has 0 bridgehead atoms. The summed E-state index contributed by atoms with van der Waals surface area (Å²) in [6.45, 7) is -2.41. The Hall–Kier alpha value is -1.26. The lowest BCUT2D eigenvalue weighted by Crippen LogP contribution is -2.37. The second-order valence-corrected chi connectivity index (χ2v) is 5.94. The highest BCUT2D eigenvalue weighted by atomic mass is 32.2. The van der Waals surface area contributed by atoms with Crippen LogP contribution >= 0.6 is 0 Å². The van der Waals surface area contributed by atoms with Crippen molar-refractivity contribution in [3.05, 3.63) is 29.8 Å². The van der Waals surface area contributed by atoms with Crippen molar-refractivity contribution in [2.75, 3.05) is 19.7 Å². The number of hydrogen-bond acceptors (Lipinski definition) is 3. The van der Waals surface area contributed by atoms with Gasteiger partial charge in [-0.25, -0.2) is 17.2 Å². The highest BCUT2D eigenvalue weighted by Gasteiger charge is 2.32. The fraction of sp³-hybridized carbons (Fsp3) is 0.455. The summed E-state index contributed by atoms with van der Waals surface area (Å²) < 4.78 is 86.2. The molecule has 0 unspecified atom stereocenters. The minimum absolute atomic E-state index is 0.320. The molecule has 1 aromatic carbocycles. The zero-order chi connectivity index (χ0) is 16.3. The van der Waals surface area contributed by atoms with Gasteiger partial charge in [0.25, 0.3) is 6.43 Å². The molecule has 0 aliphatic carbocycles. The Bertz CT molecular complexity index is 556. The first-order chi connectivity index (χ1) is 9.59. The molecule has 120 valence electrons. The van der Waals surface area contributed by atoms with Crippen molar-refractivity contribution < 1.29 is 35.5 Å². The molecule has 0 aromatic heterocycles. The average molecular weight is 333 g/mol. The standard InChI is InChI=1S/C11H12F5NO3S/c12-10(13)7-17(5-6-18)21(19,20)9-3-1-8(2-4-9)11(14,15)16/h1-4,10,18H,5-7H2. The normalized spacial score (nSPS) is 13.1. The SMILES string of the molecule is O=S(=O)(c1ccc(C(F)(F)F)cc1)N(CCO)CC(F)F. The van der Waals surface area contributed by atoms with Crippen molar-refractivity contribution >= 4 is 10.0 Å². The largest absolute Gasteiger partial charge is 0.416 e. The summed E-state index contributed by atoms with van der Waals surface area (Å²) in [5, 5.41) is 8.71. The number of halogens is 5. The van der Waals surface area contributed by atoms with Gasteiger partial charge in [-0.2, -0.15) is 17.5 Å². The lowest BCUT2D eigenvalue weighted by Gasteiger charge is -2.21. The monoisotopic (exact) mass is 333 g/mol. The van der Waals surface area contributed by atoms with E-state index in [9.17, 15) is 30.4 Å². The zero-order valence-corrected chi connectivity index (χ0v) is 11.3. The number of alkyl halides is 5. The van der Waals surface area contributed by atoms with Gasteiger partial charge in [0.05, 0.1) is 23.6 Å². The minimum atomic E-state index is -4.63. The van der Waals surface area contributed by atoms with Crippen molar-refractivity contribution in [2.24, 2.45) is 0 Å². The Morgan fingerprint density at radius 2 is 1.67 bits per heavy atom. The van der Waals surface area contributed by atoms with Crippen molar-refractivity contribution in [2.45, 2.75) is 17.5 Å². The number of sulfonamides is 1. The van der Waals surface area contributed by atoms with Gasteiger partial charge < -0.3 is 5.11 Å². The number of nitrogens with zero attached hydrogens (tertiary/aromatic N) is 1. The molecule has 1 N–H and O–H groups in total. The fourth-order valence-electron chi connectivity index (χ4n) is 1.54. The van der Waals surface area contributed by atoms with Crippen molar-refractivity contribution in [1.29, 1.82) is 0 Å². The van der Waals surface area contributed by atoms with E-state index in [0.29, 0.717) is 28.6 Å². The van der Waals surface area contributed by atoms with Crippen LogP contribution in [0.2, 0.25) is 0 Å². The highest BCUT2D eigenvalue weighted by Crippen LogP contribution is 2.30. The van der Waals surface area contributed by atoms with Gasteiger partial charge in [0.15, 0.2) is 0 Å². The smallest absolute Gasteiger partial charge is 0.395 e. The summed E-state index contributed by atoms with van der Waals surface area (Å²) in [6.07, 6.45) is -7.60. The van der Waals surface area contributed by atoms with Gasteiger partial charge in [0.1, 0.15) is 0 Å². The zero-order valence-electron chi connectivity index (χ0n) is 10.5. The first-order valence-electron chi connectivity index (χ1n) is 5.65. The molecule has 0 saturated heterocycles. The molecule has 0 aliphatic heterocycles. The van der Waals surface area contributed by atoms with Crippen LogP contribution in [0, 0.1) is 0 Å². The van der Waals surface area contributed by atoms with E-state index in [4.69, 9.17) is 5.11 Å². The van der Waals surface area contributed by atoms with Crippen LogP contribution in [0.25, 0.3) is 0 Å². The van der Waals surface area contributed by atoms with E-state index in [0.717, 1.165) is 0 Å². The van der Waals surface area contributed by atoms with Crippen LogP contribution in [0.3, 0.4) is 0 Å². The number of aliphatic hydroxyl groups is 1. The Balaban J connectivity index is 3.10. The Kier molecular flexibility index (Phi) is 5.65. The molecule has 0 atom stereocenters. The third-order valence-electron chi connectivity index (χ3n) is 2.51. The van der Waals surface area contributed by atoms with E-state index in [2.05, 4.69) is 0 Å². The fourth-order valence-corrected chi connectivity index (χ4v) is 2.95. The van der Waals surface area contributed by atoms with Crippen LogP contribution in [-0.4, -0.2) is 44.0 Å². The predicted molar refractivity (Wildman–Crippen MR) is 63.3 cm³/mol. The number of hydrogen-bond donors (Lipinski definition) is 1. The predicted octanol–water partition coefficient (Wildman–Crippen LogP) is 1.95. The summed E-state index contributed by atoms with van der Waals surface area (Å²) in [6, 6.07) is 2.47. The maximum atomic E-state index is 12.4. The van der Waals surface area contributed by atoms with Gasteiger partial charge in [-0.05, 0) is 24.3 Å². The van der Waals surface area contributed by atoms with E-state index in [1.807, 2.05) is 0 Å². The van der Waals surface area contributed by atoms with Gasteiger partial charge >= 0.3 is 6.18 Å². The molecule has 1 rings (SSSR count). The van der Waals surface area contributed by atoms with Gasteiger partial charge in [-0.3, -0.25) is 0 Å². The molecule has 0 heterocycles. The molecule has 1 aromatic rings. The highest BCUT2D eigenvalue weighted by molar-refractivity contribution is 7.89. The Morgan fingerprint density at radius 3 is 2.05 bits per heavy atom. The molecule has 0 saturated carbocycles. The van der Waals surface area contributed by atoms with Crippen molar-refractivity contribution in [3.63, 3.8) is 0 Å². The molecule has 0 spiro atoms. The summed E-state index contributed by atoms with van der Waals surface area (Å²) in [5.74, 6) is 0. The van der Waals surface area contributed by atoms with E-state index >= 15 is 0 Å². The van der Waals surface area contributed by atoms with Crippen LogP contribution in [0.1, 0.15) is 5.56 Å². The summed E-state index contributed by atoms with van der Waals surface area (Å²) >= 11 is 0. The quantitative estimate of drug-likeness (QED) is 0.810.